The number of hydrogen-bond donors (Lipinski definition) is 2. The molecule has 2 heterocycles. The van der Waals surface area contributed by atoms with Crippen LogP contribution in [-0.4, -0.2) is 21.9 Å². The summed E-state index contributed by atoms with van der Waals surface area (Å²) in [4.78, 5) is 20.2. The van der Waals surface area contributed by atoms with Crippen molar-refractivity contribution >= 4 is 34.5 Å². The van der Waals surface area contributed by atoms with E-state index in [-0.39, 0.29) is 17.7 Å². The second kappa shape index (κ2) is 10.7. The number of carbonyl (C=O) groups is 1. The zero-order valence-corrected chi connectivity index (χ0v) is 19.0. The number of pyridine rings is 1. The molecule has 10 heteroatoms. The summed E-state index contributed by atoms with van der Waals surface area (Å²) in [7, 11) is 0. The van der Waals surface area contributed by atoms with Gasteiger partial charge in [-0.1, -0.05) is 32.1 Å². The van der Waals surface area contributed by atoms with Gasteiger partial charge in [0.1, 0.15) is 11.5 Å². The van der Waals surface area contributed by atoms with E-state index in [1.807, 2.05) is 13.8 Å². The third-order valence-electron chi connectivity index (χ3n) is 4.70. The van der Waals surface area contributed by atoms with E-state index >= 15 is 4.39 Å². The number of aromatic amines is 1. The van der Waals surface area contributed by atoms with Gasteiger partial charge in [-0.15, -0.1) is 0 Å². The van der Waals surface area contributed by atoms with Crippen LogP contribution in [0.5, 0.6) is 0 Å². The summed E-state index contributed by atoms with van der Waals surface area (Å²) < 4.78 is 70.6. The van der Waals surface area contributed by atoms with Crippen LogP contribution >= 0.6 is 11.9 Å². The third-order valence-corrected chi connectivity index (χ3v) is 5.59. The summed E-state index contributed by atoms with van der Waals surface area (Å²) in [5.74, 6) is -2.99. The first-order valence-corrected chi connectivity index (χ1v) is 11.1. The highest BCUT2D eigenvalue weighted by molar-refractivity contribution is 8.04. The molecule has 0 unspecified atom stereocenters. The molecule has 0 saturated heterocycles. The van der Waals surface area contributed by atoms with Crippen molar-refractivity contribution in [3.8, 4) is 0 Å². The number of H-pyrrole nitrogens is 1. The number of carbonyl (C=O) groups excluding carboxylic acids is 1. The molecule has 34 heavy (non-hydrogen) atoms. The van der Waals surface area contributed by atoms with Gasteiger partial charge in [-0.05, 0) is 48.7 Å². The predicted molar refractivity (Wildman–Crippen MR) is 124 cm³/mol. The number of allylic oxidation sites excluding steroid dienone is 6. The number of rotatable bonds is 5. The fourth-order valence-electron chi connectivity index (χ4n) is 3.11. The zero-order chi connectivity index (χ0) is 24.9. The molecule has 1 aromatic carbocycles. The number of alkyl halides is 3. The molecule has 178 valence electrons. The molecule has 0 radical (unpaired) electrons. The first-order chi connectivity index (χ1) is 16.3. The number of benzene rings is 1. The van der Waals surface area contributed by atoms with E-state index in [1.54, 1.807) is 12.1 Å². The quantitative estimate of drug-likeness (QED) is 0.220. The van der Waals surface area contributed by atoms with Gasteiger partial charge in [0.25, 0.3) is 0 Å². The van der Waals surface area contributed by atoms with E-state index in [0.29, 0.717) is 15.9 Å². The summed E-state index contributed by atoms with van der Waals surface area (Å²) in [6.45, 7) is 4.00. The van der Waals surface area contributed by atoms with Crippen LogP contribution in [0.1, 0.15) is 36.2 Å². The van der Waals surface area contributed by atoms with Crippen molar-refractivity contribution in [3.05, 3.63) is 94.2 Å². The molecule has 0 bridgehead atoms. The van der Waals surface area contributed by atoms with E-state index in [2.05, 4.69) is 14.7 Å². The van der Waals surface area contributed by atoms with E-state index in [0.717, 1.165) is 36.2 Å². The molecular weight excluding hydrogens is 473 g/mol. The molecule has 4 nitrogen and oxygen atoms in total. The topological polar surface area (TPSA) is 57.8 Å². The zero-order valence-electron chi connectivity index (χ0n) is 18.1. The Morgan fingerprint density at radius 1 is 1.15 bits per heavy atom. The SMILES string of the molecule is CC.O=C(c1c(F)ccc(NSC2=CC=C(C(F)(F)F)C=CC2)c1F)c1c[nH]c2ncccc12. The number of aromatic nitrogens is 2. The lowest BCUT2D eigenvalue weighted by molar-refractivity contribution is -0.0881. The Hall–Kier alpha value is -3.40. The molecule has 2 N–H and O–H groups in total. The van der Waals surface area contributed by atoms with Gasteiger partial charge in [-0.3, -0.25) is 4.79 Å². The fraction of sp³-hybridized carbons (Fsp3) is 0.167. The number of nitrogens with one attached hydrogen (secondary N) is 2. The maximum Gasteiger partial charge on any atom is 0.416 e. The lowest BCUT2D eigenvalue weighted by Crippen LogP contribution is -2.09. The van der Waals surface area contributed by atoms with Crippen molar-refractivity contribution in [2.75, 3.05) is 4.72 Å². The minimum atomic E-state index is -4.48. The summed E-state index contributed by atoms with van der Waals surface area (Å²) in [5, 5.41) is 0.423. The van der Waals surface area contributed by atoms with E-state index in [1.165, 1.54) is 24.5 Å². The van der Waals surface area contributed by atoms with Gasteiger partial charge < -0.3 is 9.71 Å². The minimum absolute atomic E-state index is 0.0668. The van der Waals surface area contributed by atoms with Gasteiger partial charge in [0, 0.05) is 28.2 Å². The predicted octanol–water partition coefficient (Wildman–Crippen LogP) is 7.49. The standard InChI is InChI=1S/C22H14F5N3OS.C2H6/c23-16-8-9-17(30-32-13-4-1-3-12(6-7-13)22(25,26)27)19(24)18(16)20(31)15-11-29-21-14(15)5-2-10-28-21;1-2/h1-3,5-11,30H,4H2,(H,28,29);1-2H3. The van der Waals surface area contributed by atoms with Crippen molar-refractivity contribution in [2.24, 2.45) is 0 Å². The minimum Gasteiger partial charge on any atom is -0.345 e. The first-order valence-electron chi connectivity index (χ1n) is 10.3. The van der Waals surface area contributed by atoms with Gasteiger partial charge in [0.15, 0.2) is 5.82 Å². The van der Waals surface area contributed by atoms with E-state index in [4.69, 9.17) is 0 Å². The molecule has 4 rings (SSSR count). The van der Waals surface area contributed by atoms with Crippen LogP contribution in [0, 0.1) is 11.6 Å². The van der Waals surface area contributed by atoms with Crippen LogP contribution in [0.3, 0.4) is 0 Å². The number of hydrogen-bond acceptors (Lipinski definition) is 4. The molecule has 1 aliphatic carbocycles. The summed E-state index contributed by atoms with van der Waals surface area (Å²) in [5.41, 5.74) is -1.25. The Morgan fingerprint density at radius 3 is 2.65 bits per heavy atom. The van der Waals surface area contributed by atoms with Crippen molar-refractivity contribution in [2.45, 2.75) is 26.4 Å². The van der Waals surface area contributed by atoms with Crippen LogP contribution in [0.4, 0.5) is 27.6 Å². The van der Waals surface area contributed by atoms with Crippen LogP contribution in [0.2, 0.25) is 0 Å². The molecule has 3 aromatic rings. The average molecular weight is 494 g/mol. The maximum atomic E-state index is 15.1. The Kier molecular flexibility index (Phi) is 7.93. The average Bonchev–Trinajstić information content (AvgIpc) is 3.09. The van der Waals surface area contributed by atoms with E-state index < -0.39 is 34.7 Å². The smallest absolute Gasteiger partial charge is 0.345 e. The highest BCUT2D eigenvalue weighted by atomic mass is 32.2. The fourth-order valence-corrected chi connectivity index (χ4v) is 3.83. The number of anilines is 1. The Balaban J connectivity index is 0.00000158. The summed E-state index contributed by atoms with van der Waals surface area (Å²) in [6, 6.07) is 5.28. The van der Waals surface area contributed by atoms with Gasteiger partial charge in [-0.25, -0.2) is 13.8 Å². The Morgan fingerprint density at radius 2 is 1.91 bits per heavy atom. The second-order valence-electron chi connectivity index (χ2n) is 6.78. The molecule has 1 aliphatic rings. The number of halogens is 5. The lowest BCUT2D eigenvalue weighted by atomic mass is 10.0. The summed E-state index contributed by atoms with van der Waals surface area (Å²) >= 11 is 0.875. The molecule has 0 aliphatic heterocycles. The monoisotopic (exact) mass is 493 g/mol. The lowest BCUT2D eigenvalue weighted by Gasteiger charge is -2.11. The van der Waals surface area contributed by atoms with Gasteiger partial charge in [0.05, 0.1) is 16.8 Å². The molecule has 0 saturated carbocycles. The van der Waals surface area contributed by atoms with Gasteiger partial charge in [0.2, 0.25) is 5.78 Å². The second-order valence-corrected chi connectivity index (χ2v) is 7.71. The molecule has 0 fully saturated rings. The molecular formula is C24H20F5N3OS. The van der Waals surface area contributed by atoms with E-state index in [9.17, 15) is 22.4 Å². The first kappa shape index (κ1) is 25.2. The van der Waals surface area contributed by atoms with Crippen molar-refractivity contribution < 1.29 is 26.7 Å². The van der Waals surface area contributed by atoms with Crippen LogP contribution < -0.4 is 4.72 Å². The number of nitrogens with zero attached hydrogens (tertiary/aromatic N) is 1. The van der Waals surface area contributed by atoms with Crippen molar-refractivity contribution in [1.82, 2.24) is 9.97 Å². The van der Waals surface area contributed by atoms with Crippen LogP contribution in [0.15, 0.2) is 71.4 Å². The van der Waals surface area contributed by atoms with Crippen molar-refractivity contribution in [3.63, 3.8) is 0 Å². The number of fused-ring (bicyclic) bond motifs is 1. The normalized spacial score (nSPS) is 13.5. The Labute approximate surface area is 196 Å². The molecule has 0 atom stereocenters. The van der Waals surface area contributed by atoms with Crippen molar-refractivity contribution in [1.29, 1.82) is 0 Å². The highest BCUT2D eigenvalue weighted by Crippen LogP contribution is 2.33. The highest BCUT2D eigenvalue weighted by Gasteiger charge is 2.31. The maximum absolute atomic E-state index is 15.1. The molecule has 0 spiro atoms. The molecule has 2 aromatic heterocycles. The Bertz CT molecular complexity index is 1290. The van der Waals surface area contributed by atoms with Gasteiger partial charge >= 0.3 is 6.18 Å². The largest absolute Gasteiger partial charge is 0.416 e. The van der Waals surface area contributed by atoms with Crippen LogP contribution in [-0.2, 0) is 0 Å². The van der Waals surface area contributed by atoms with Gasteiger partial charge in [-0.2, -0.15) is 13.2 Å². The third kappa shape index (κ3) is 5.39. The van der Waals surface area contributed by atoms with Crippen LogP contribution in [0.25, 0.3) is 11.0 Å². The molecule has 0 amide bonds. The summed E-state index contributed by atoms with van der Waals surface area (Å²) in [6.07, 6.45) is 3.06. The number of ketones is 1.